The molecule has 0 radical (unpaired) electrons. The molecule has 28 heavy (non-hydrogen) atoms. The van der Waals surface area contributed by atoms with E-state index in [-0.39, 0.29) is 24.1 Å². The van der Waals surface area contributed by atoms with E-state index in [0.29, 0.717) is 16.5 Å². The Morgan fingerprint density at radius 1 is 0.643 bits per heavy atom. The van der Waals surface area contributed by atoms with Gasteiger partial charge >= 0.3 is 11.9 Å². The highest BCUT2D eigenvalue weighted by Gasteiger charge is 2.24. The number of carbonyl (C=O) groups is 2. The minimum Gasteiger partial charge on any atom is -0.459 e. The number of esters is 2. The van der Waals surface area contributed by atoms with Crippen LogP contribution in [0.25, 0.3) is 10.8 Å². The van der Waals surface area contributed by atoms with Gasteiger partial charge in [0, 0.05) is 5.39 Å². The molecule has 0 aliphatic heterocycles. The van der Waals surface area contributed by atoms with Crippen LogP contribution in [0.15, 0.2) is 36.4 Å². The molecule has 0 heterocycles. The molecule has 2 aliphatic carbocycles. The van der Waals surface area contributed by atoms with Gasteiger partial charge in [-0.05, 0) is 68.9 Å². The molecule has 0 bridgehead atoms. The van der Waals surface area contributed by atoms with Gasteiger partial charge in [-0.1, -0.05) is 37.1 Å². The summed E-state index contributed by atoms with van der Waals surface area (Å²) in [5.41, 5.74) is 0.915. The van der Waals surface area contributed by atoms with Crippen LogP contribution in [0, 0.1) is 0 Å². The van der Waals surface area contributed by atoms with Crippen LogP contribution in [0.1, 0.15) is 84.9 Å². The number of hydrogen-bond donors (Lipinski definition) is 0. The Morgan fingerprint density at radius 3 is 1.50 bits per heavy atom. The first-order valence-electron chi connectivity index (χ1n) is 10.7. The standard InChI is InChI=1S/C24H28O4/c25-23(27-18-11-3-1-4-12-18)20-15-7-9-17-10-8-16-21(22(17)20)24(26)28-19-13-5-2-6-14-19/h7-10,15-16,18-19H,1-6,11-14H2. The van der Waals surface area contributed by atoms with Gasteiger partial charge in [-0.15, -0.1) is 0 Å². The van der Waals surface area contributed by atoms with Crippen molar-refractivity contribution in [3.8, 4) is 0 Å². The van der Waals surface area contributed by atoms with Gasteiger partial charge in [0.05, 0.1) is 11.1 Å². The van der Waals surface area contributed by atoms with E-state index in [9.17, 15) is 9.59 Å². The predicted molar refractivity (Wildman–Crippen MR) is 109 cm³/mol. The summed E-state index contributed by atoms with van der Waals surface area (Å²) in [7, 11) is 0. The van der Waals surface area contributed by atoms with Crippen molar-refractivity contribution in [1.82, 2.24) is 0 Å². The normalized spacial score (nSPS) is 18.7. The molecular weight excluding hydrogens is 352 g/mol. The molecule has 0 spiro atoms. The lowest BCUT2D eigenvalue weighted by Crippen LogP contribution is -2.22. The van der Waals surface area contributed by atoms with Gasteiger partial charge in [0.2, 0.25) is 0 Å². The number of hydrogen-bond acceptors (Lipinski definition) is 4. The van der Waals surface area contributed by atoms with Gasteiger partial charge < -0.3 is 9.47 Å². The van der Waals surface area contributed by atoms with Gasteiger partial charge in [-0.25, -0.2) is 9.59 Å². The van der Waals surface area contributed by atoms with Gasteiger partial charge in [0.15, 0.2) is 0 Å². The van der Waals surface area contributed by atoms with Gasteiger partial charge in [-0.3, -0.25) is 0 Å². The van der Waals surface area contributed by atoms with Crippen LogP contribution in [-0.2, 0) is 9.47 Å². The number of benzene rings is 2. The number of fused-ring (bicyclic) bond motifs is 1. The maximum absolute atomic E-state index is 12.9. The smallest absolute Gasteiger partial charge is 0.339 e. The van der Waals surface area contributed by atoms with Crippen molar-refractivity contribution in [3.05, 3.63) is 47.5 Å². The molecule has 4 heteroatoms. The molecule has 0 N–H and O–H groups in total. The molecule has 0 unspecified atom stereocenters. The fraction of sp³-hybridized carbons (Fsp3) is 0.500. The van der Waals surface area contributed by atoms with Gasteiger partial charge in [0.25, 0.3) is 0 Å². The highest BCUT2D eigenvalue weighted by molar-refractivity contribution is 6.13. The topological polar surface area (TPSA) is 52.6 Å². The summed E-state index contributed by atoms with van der Waals surface area (Å²) in [5.74, 6) is -0.675. The van der Waals surface area contributed by atoms with Crippen LogP contribution < -0.4 is 0 Å². The first-order valence-corrected chi connectivity index (χ1v) is 10.7. The molecule has 0 aromatic heterocycles. The van der Waals surface area contributed by atoms with Crippen LogP contribution in [0.3, 0.4) is 0 Å². The van der Waals surface area contributed by atoms with E-state index in [2.05, 4.69) is 0 Å². The average Bonchev–Trinajstić information content (AvgIpc) is 2.74. The fourth-order valence-corrected chi connectivity index (χ4v) is 4.48. The molecule has 4 rings (SSSR count). The predicted octanol–water partition coefficient (Wildman–Crippen LogP) is 5.82. The first kappa shape index (κ1) is 19.0. The van der Waals surface area contributed by atoms with Crippen LogP contribution >= 0.6 is 0 Å². The Hall–Kier alpha value is -2.36. The van der Waals surface area contributed by atoms with Crippen LogP contribution in [0.4, 0.5) is 0 Å². The fourth-order valence-electron chi connectivity index (χ4n) is 4.48. The van der Waals surface area contributed by atoms with Crippen molar-refractivity contribution >= 4 is 22.7 Å². The van der Waals surface area contributed by atoms with E-state index in [1.807, 2.05) is 24.3 Å². The van der Waals surface area contributed by atoms with Crippen molar-refractivity contribution in [1.29, 1.82) is 0 Å². The number of carbonyl (C=O) groups excluding carboxylic acids is 2. The van der Waals surface area contributed by atoms with Crippen LogP contribution in [-0.4, -0.2) is 24.1 Å². The van der Waals surface area contributed by atoms with Crippen LogP contribution in [0.5, 0.6) is 0 Å². The summed E-state index contributed by atoms with van der Waals surface area (Å²) in [6, 6.07) is 11.0. The molecule has 2 aromatic rings. The molecule has 2 aromatic carbocycles. The molecule has 0 atom stereocenters. The van der Waals surface area contributed by atoms with Crippen molar-refractivity contribution in [3.63, 3.8) is 0 Å². The Morgan fingerprint density at radius 2 is 1.07 bits per heavy atom. The molecule has 0 saturated heterocycles. The minimum absolute atomic E-state index is 0.0159. The van der Waals surface area contributed by atoms with E-state index in [1.54, 1.807) is 12.1 Å². The highest BCUT2D eigenvalue weighted by Crippen LogP contribution is 2.28. The summed E-state index contributed by atoms with van der Waals surface area (Å²) < 4.78 is 11.6. The van der Waals surface area contributed by atoms with Crippen molar-refractivity contribution in [2.45, 2.75) is 76.4 Å². The highest BCUT2D eigenvalue weighted by atomic mass is 16.5. The molecule has 4 nitrogen and oxygen atoms in total. The second-order valence-electron chi connectivity index (χ2n) is 8.04. The summed E-state index contributed by atoms with van der Waals surface area (Å²) in [4.78, 5) is 25.8. The Labute approximate surface area is 166 Å². The van der Waals surface area contributed by atoms with Crippen molar-refractivity contribution in [2.75, 3.05) is 0 Å². The molecule has 2 aliphatic rings. The lowest BCUT2D eigenvalue weighted by Gasteiger charge is -2.23. The Kier molecular flexibility index (Phi) is 5.94. The van der Waals surface area contributed by atoms with Crippen molar-refractivity contribution < 1.29 is 19.1 Å². The summed E-state index contributed by atoms with van der Waals surface area (Å²) in [5, 5.41) is 1.50. The summed E-state index contributed by atoms with van der Waals surface area (Å²) >= 11 is 0. The molecule has 2 fully saturated rings. The van der Waals surface area contributed by atoms with Crippen LogP contribution in [0.2, 0.25) is 0 Å². The third-order valence-corrected chi connectivity index (χ3v) is 6.00. The molecule has 148 valence electrons. The second-order valence-corrected chi connectivity index (χ2v) is 8.04. The Balaban J connectivity index is 1.61. The van der Waals surface area contributed by atoms with Gasteiger partial charge in [-0.2, -0.15) is 0 Å². The van der Waals surface area contributed by atoms with Crippen molar-refractivity contribution in [2.24, 2.45) is 0 Å². The van der Waals surface area contributed by atoms with E-state index in [4.69, 9.17) is 9.47 Å². The summed E-state index contributed by atoms with van der Waals surface area (Å²) in [6.45, 7) is 0. The molecular formula is C24H28O4. The maximum atomic E-state index is 12.9. The SMILES string of the molecule is O=C(OC1CCCCC1)c1cccc2cccc(C(=O)OC3CCCCC3)c12. The zero-order valence-corrected chi connectivity index (χ0v) is 16.3. The number of rotatable bonds is 4. The van der Waals surface area contributed by atoms with E-state index in [0.717, 1.165) is 56.8 Å². The average molecular weight is 380 g/mol. The lowest BCUT2D eigenvalue weighted by molar-refractivity contribution is 0.0212. The first-order chi connectivity index (χ1) is 13.7. The van der Waals surface area contributed by atoms with E-state index in [1.165, 1.54) is 12.8 Å². The van der Waals surface area contributed by atoms with Gasteiger partial charge in [0.1, 0.15) is 12.2 Å². The zero-order valence-electron chi connectivity index (χ0n) is 16.3. The third kappa shape index (κ3) is 4.21. The minimum atomic E-state index is -0.338. The largest absolute Gasteiger partial charge is 0.459 e. The summed E-state index contributed by atoms with van der Waals surface area (Å²) in [6.07, 6.45) is 10.5. The lowest BCUT2D eigenvalue weighted by atomic mass is 9.96. The second kappa shape index (κ2) is 8.76. The zero-order chi connectivity index (χ0) is 19.3. The van der Waals surface area contributed by atoms with E-state index < -0.39 is 0 Å². The molecule has 2 saturated carbocycles. The molecule has 0 amide bonds. The Bertz CT molecular complexity index is 778. The maximum Gasteiger partial charge on any atom is 0.339 e. The van der Waals surface area contributed by atoms with E-state index >= 15 is 0 Å². The third-order valence-electron chi connectivity index (χ3n) is 6.00. The monoisotopic (exact) mass is 380 g/mol. The quantitative estimate of drug-likeness (QED) is 0.627. The number of ether oxygens (including phenoxy) is 2.